The summed E-state index contributed by atoms with van der Waals surface area (Å²) in [5, 5.41) is 15.6. The molecule has 4 aliphatic rings. The molecule has 3 N–H and O–H groups in total. The number of halogens is 2. The Morgan fingerprint density at radius 3 is 2.54 bits per heavy atom. The Kier molecular flexibility index (Phi) is 9.82. The number of cyclic esters (lactones) is 1. The molecule has 1 saturated heterocycles. The number of carbonyl (C=O) groups excluding carboxylic acids is 3. The molecule has 1 unspecified atom stereocenters. The quantitative estimate of drug-likeness (QED) is 0.354. The number of aromatic nitrogens is 2. The smallest absolute Gasteiger partial charge is 0.407 e. The van der Waals surface area contributed by atoms with Crippen molar-refractivity contribution < 1.29 is 42.5 Å². The van der Waals surface area contributed by atoms with Crippen molar-refractivity contribution in [2.75, 3.05) is 19.7 Å². The van der Waals surface area contributed by atoms with Gasteiger partial charge in [0.15, 0.2) is 5.69 Å². The minimum Gasteiger partial charge on any atom is -0.479 e. The monoisotopic (exact) mass is 695 g/mol. The van der Waals surface area contributed by atoms with Crippen molar-refractivity contribution >= 4 is 34.9 Å². The second-order valence-electron chi connectivity index (χ2n) is 14.5. The van der Waals surface area contributed by atoms with Crippen LogP contribution in [0.2, 0.25) is 0 Å². The van der Waals surface area contributed by atoms with Crippen LogP contribution >= 0.6 is 0 Å². The Hall–Kier alpha value is -4.62. The highest BCUT2D eigenvalue weighted by Gasteiger charge is 2.61. The molecule has 0 spiro atoms. The largest absolute Gasteiger partial charge is 0.479 e. The van der Waals surface area contributed by atoms with Crippen LogP contribution in [0, 0.1) is 17.3 Å². The summed E-state index contributed by atoms with van der Waals surface area (Å²) in [4.78, 5) is 63.5. The molecule has 50 heavy (non-hydrogen) atoms. The van der Waals surface area contributed by atoms with Crippen LogP contribution < -0.4 is 15.4 Å². The highest BCUT2D eigenvalue weighted by atomic mass is 19.3. The van der Waals surface area contributed by atoms with Crippen LogP contribution in [0.25, 0.3) is 11.0 Å². The number of carboxylic acids is 1. The van der Waals surface area contributed by atoms with Gasteiger partial charge in [-0.1, -0.05) is 57.0 Å². The van der Waals surface area contributed by atoms with Gasteiger partial charge in [-0.2, -0.15) is 8.78 Å². The molecule has 2 fully saturated rings. The third-order valence-corrected chi connectivity index (χ3v) is 10.0. The third-order valence-electron chi connectivity index (χ3n) is 10.0. The normalized spacial score (nSPS) is 31.5. The average Bonchev–Trinajstić information content (AvgIpc) is 3.61. The van der Waals surface area contributed by atoms with Gasteiger partial charge in [-0.3, -0.25) is 9.59 Å². The number of amides is 3. The second-order valence-corrected chi connectivity index (χ2v) is 14.5. The Morgan fingerprint density at radius 1 is 1.02 bits per heavy atom. The number of benzene rings is 1. The number of alkyl carbamates (subject to hydrolysis) is 1. The predicted molar refractivity (Wildman–Crippen MR) is 177 cm³/mol. The zero-order valence-electron chi connectivity index (χ0n) is 28.2. The molecule has 5 atom stereocenters. The van der Waals surface area contributed by atoms with E-state index in [4.69, 9.17) is 9.47 Å². The van der Waals surface area contributed by atoms with Crippen LogP contribution in [0.1, 0.15) is 70.9 Å². The number of carbonyl (C=O) groups is 4. The van der Waals surface area contributed by atoms with E-state index in [0.717, 1.165) is 18.9 Å². The van der Waals surface area contributed by atoms with Gasteiger partial charge in [-0.15, -0.1) is 0 Å². The van der Waals surface area contributed by atoms with Gasteiger partial charge in [0.05, 0.1) is 30.1 Å². The molecular formula is C36H43F2N5O7. The lowest BCUT2D eigenvalue weighted by Crippen LogP contribution is -2.50. The first-order valence-corrected chi connectivity index (χ1v) is 17.2. The minimum atomic E-state index is -3.64. The summed E-state index contributed by atoms with van der Waals surface area (Å²) in [6, 6.07) is 5.50. The summed E-state index contributed by atoms with van der Waals surface area (Å²) in [5.41, 5.74) is -2.35. The van der Waals surface area contributed by atoms with Crippen molar-refractivity contribution in [2.45, 2.75) is 88.8 Å². The van der Waals surface area contributed by atoms with E-state index in [9.17, 15) is 24.3 Å². The predicted octanol–water partition coefficient (Wildman–Crippen LogP) is 4.88. The van der Waals surface area contributed by atoms with Crippen molar-refractivity contribution in [3.8, 4) is 5.88 Å². The molecule has 3 amide bonds. The van der Waals surface area contributed by atoms with Crippen molar-refractivity contribution in [3.05, 3.63) is 54.3 Å². The molecule has 3 aliphatic heterocycles. The number of ether oxygens (including phenoxy) is 2. The Labute approximate surface area is 288 Å². The molecule has 1 aromatic carbocycles. The van der Waals surface area contributed by atoms with Crippen LogP contribution in [0.5, 0.6) is 5.88 Å². The van der Waals surface area contributed by atoms with Crippen LogP contribution in [-0.2, 0) is 25.0 Å². The lowest BCUT2D eigenvalue weighted by Gasteiger charge is -2.27. The maximum Gasteiger partial charge on any atom is 0.407 e. The topological polar surface area (TPSA) is 160 Å². The number of carboxylic acid groups (broad SMARTS) is 1. The fourth-order valence-corrected chi connectivity index (χ4v) is 6.85. The SMILES string of the molecule is CC1(C)CC/C=C/C(F)(F)c2nc3ccccc3nc2O[C@H]2CN3CC2C(=O)N[C@@]2(C(=O)O)C[C@H]2/C=C/CCCCC[C@H](NC(=O)OC1)C3=O. The molecule has 268 valence electrons. The average molecular weight is 696 g/mol. The number of aliphatic carboxylic acids is 1. The van der Waals surface area contributed by atoms with E-state index in [1.54, 1.807) is 30.3 Å². The van der Waals surface area contributed by atoms with E-state index in [1.807, 2.05) is 19.9 Å². The lowest BCUT2D eigenvalue weighted by atomic mass is 9.89. The number of fused-ring (bicyclic) bond motifs is 7. The molecule has 4 bridgehead atoms. The number of rotatable bonds is 1. The van der Waals surface area contributed by atoms with Crippen molar-refractivity contribution in [1.29, 1.82) is 0 Å². The molecular weight excluding hydrogens is 652 g/mol. The number of allylic oxidation sites excluding steroid dienone is 3. The standard InChI is InChI=1S/C36H43F2N5O7/c1-34(2)16-10-11-17-36(37,38)28-30(40-25-14-9-8-13-24(25)39-28)50-27-20-43-19-23(27)29(44)42-35(32(46)47)18-22(35)12-6-4-3-5-7-15-26(31(43)45)41-33(48)49-21-34/h6,8-9,11-14,17,22-23,26-27H,3-5,7,10,15-16,18-21H2,1-2H3,(H,41,48)(H,42,44)(H,46,47)/b12-6+,17-11+/t22-,23?,26+,27+,35+/m1/s1. The first-order valence-electron chi connectivity index (χ1n) is 17.2. The number of alkyl halides is 2. The van der Waals surface area contributed by atoms with E-state index < -0.39 is 76.3 Å². The first-order chi connectivity index (χ1) is 23.8. The van der Waals surface area contributed by atoms with Gasteiger partial charge < -0.3 is 30.1 Å². The summed E-state index contributed by atoms with van der Waals surface area (Å²) >= 11 is 0. The van der Waals surface area contributed by atoms with Crippen molar-refractivity contribution in [1.82, 2.24) is 25.5 Å². The van der Waals surface area contributed by atoms with Gasteiger partial charge in [0.1, 0.15) is 17.7 Å². The summed E-state index contributed by atoms with van der Waals surface area (Å²) in [6.45, 7) is 3.27. The zero-order valence-corrected chi connectivity index (χ0v) is 28.2. The number of hydrogen-bond donors (Lipinski definition) is 3. The Morgan fingerprint density at radius 2 is 1.78 bits per heavy atom. The van der Waals surface area contributed by atoms with E-state index in [2.05, 4.69) is 20.6 Å². The third kappa shape index (κ3) is 7.58. The van der Waals surface area contributed by atoms with Gasteiger partial charge in [-0.05, 0) is 62.1 Å². The number of hydrogen-bond acceptors (Lipinski definition) is 8. The maximum atomic E-state index is 16.0. The lowest BCUT2D eigenvalue weighted by molar-refractivity contribution is -0.144. The summed E-state index contributed by atoms with van der Waals surface area (Å²) in [7, 11) is 0. The van der Waals surface area contributed by atoms with Gasteiger partial charge in [0, 0.05) is 12.5 Å². The molecule has 1 saturated carbocycles. The van der Waals surface area contributed by atoms with Gasteiger partial charge in [0.2, 0.25) is 17.7 Å². The molecule has 14 heteroatoms. The van der Waals surface area contributed by atoms with Crippen molar-refractivity contribution in [3.63, 3.8) is 0 Å². The number of nitrogens with one attached hydrogen (secondary N) is 2. The van der Waals surface area contributed by atoms with E-state index >= 15 is 8.78 Å². The molecule has 12 nitrogen and oxygen atoms in total. The van der Waals surface area contributed by atoms with E-state index in [-0.39, 0.29) is 43.6 Å². The van der Waals surface area contributed by atoms with E-state index in [0.29, 0.717) is 25.7 Å². The van der Waals surface area contributed by atoms with Crippen LogP contribution in [-0.4, -0.2) is 81.2 Å². The molecule has 6 rings (SSSR count). The summed E-state index contributed by atoms with van der Waals surface area (Å²) < 4.78 is 43.7. The fraction of sp³-hybridized carbons (Fsp3) is 0.556. The number of nitrogens with zero attached hydrogens (tertiary/aromatic N) is 3. The van der Waals surface area contributed by atoms with Crippen LogP contribution in [0.4, 0.5) is 13.6 Å². The molecule has 4 heterocycles. The van der Waals surface area contributed by atoms with E-state index in [1.165, 1.54) is 11.0 Å². The molecule has 0 radical (unpaired) electrons. The minimum absolute atomic E-state index is 0.00912. The maximum absolute atomic E-state index is 16.0. The van der Waals surface area contributed by atoms with Crippen LogP contribution in [0.15, 0.2) is 48.6 Å². The van der Waals surface area contributed by atoms with Gasteiger partial charge >= 0.3 is 18.0 Å². The van der Waals surface area contributed by atoms with Crippen LogP contribution in [0.3, 0.4) is 0 Å². The number of para-hydroxylation sites is 2. The zero-order chi connectivity index (χ0) is 35.7. The summed E-state index contributed by atoms with van der Waals surface area (Å²) in [5.74, 6) is -8.10. The first kappa shape index (κ1) is 35.2. The molecule has 1 aromatic heterocycles. The highest BCUT2D eigenvalue weighted by molar-refractivity contribution is 5.93. The Balaban J connectivity index is 1.42. The summed E-state index contributed by atoms with van der Waals surface area (Å²) in [6.07, 6.45) is 7.78. The Bertz CT molecular complexity index is 1710. The van der Waals surface area contributed by atoms with Gasteiger partial charge in [-0.25, -0.2) is 19.6 Å². The van der Waals surface area contributed by atoms with Gasteiger partial charge in [0.25, 0.3) is 0 Å². The molecule has 2 aromatic rings. The molecule has 1 aliphatic carbocycles. The van der Waals surface area contributed by atoms with Crippen molar-refractivity contribution in [2.24, 2.45) is 17.3 Å². The fourth-order valence-electron chi connectivity index (χ4n) is 6.85. The second kappa shape index (κ2) is 13.9. The highest BCUT2D eigenvalue weighted by Crippen LogP contribution is 2.46.